The SMILES string of the molecule is CCOC(=O)C(=CN=C=O)N(C)C. The zero-order chi connectivity index (χ0) is 10.3. The number of hydrogen-bond donors (Lipinski definition) is 0. The summed E-state index contributed by atoms with van der Waals surface area (Å²) in [4.78, 5) is 25.7. The smallest absolute Gasteiger partial charge is 0.356 e. The van der Waals surface area contributed by atoms with E-state index in [1.807, 2.05) is 0 Å². The Hall–Kier alpha value is -1.61. The summed E-state index contributed by atoms with van der Waals surface area (Å²) in [6, 6.07) is 0. The van der Waals surface area contributed by atoms with Crippen LogP contribution in [-0.2, 0) is 14.3 Å². The molecule has 0 unspecified atom stereocenters. The average molecular weight is 184 g/mol. The van der Waals surface area contributed by atoms with Crippen molar-refractivity contribution in [3.05, 3.63) is 11.9 Å². The number of aliphatic imine (C=N–C) groups is 1. The highest BCUT2D eigenvalue weighted by Gasteiger charge is 2.11. The van der Waals surface area contributed by atoms with Gasteiger partial charge in [0.05, 0.1) is 12.8 Å². The van der Waals surface area contributed by atoms with Gasteiger partial charge in [-0.1, -0.05) is 0 Å². The van der Waals surface area contributed by atoms with Crippen LogP contribution in [0.15, 0.2) is 16.9 Å². The standard InChI is InChI=1S/C8H12N2O3/c1-4-13-8(12)7(10(2)3)5-9-6-11/h5H,4H2,1-3H3. The van der Waals surface area contributed by atoms with E-state index >= 15 is 0 Å². The zero-order valence-electron chi connectivity index (χ0n) is 7.90. The summed E-state index contributed by atoms with van der Waals surface area (Å²) < 4.78 is 4.72. The lowest BCUT2D eigenvalue weighted by Crippen LogP contribution is -2.21. The van der Waals surface area contributed by atoms with Gasteiger partial charge in [0.25, 0.3) is 0 Å². The highest BCUT2D eigenvalue weighted by molar-refractivity contribution is 5.87. The van der Waals surface area contributed by atoms with Crippen molar-refractivity contribution in [1.29, 1.82) is 0 Å². The maximum Gasteiger partial charge on any atom is 0.356 e. The fraction of sp³-hybridized carbons (Fsp3) is 0.500. The van der Waals surface area contributed by atoms with Crippen molar-refractivity contribution in [2.24, 2.45) is 4.99 Å². The Morgan fingerprint density at radius 1 is 1.62 bits per heavy atom. The first-order valence-electron chi connectivity index (χ1n) is 3.75. The van der Waals surface area contributed by atoms with Crippen molar-refractivity contribution in [2.45, 2.75) is 6.92 Å². The van der Waals surface area contributed by atoms with Crippen molar-refractivity contribution >= 4 is 12.0 Å². The van der Waals surface area contributed by atoms with E-state index < -0.39 is 5.97 Å². The number of rotatable bonds is 4. The molecule has 72 valence electrons. The largest absolute Gasteiger partial charge is 0.461 e. The van der Waals surface area contributed by atoms with Crippen LogP contribution in [0.3, 0.4) is 0 Å². The summed E-state index contributed by atoms with van der Waals surface area (Å²) in [5.41, 5.74) is 0.213. The van der Waals surface area contributed by atoms with Gasteiger partial charge in [0.1, 0.15) is 5.70 Å². The molecular weight excluding hydrogens is 172 g/mol. The molecule has 0 amide bonds. The molecule has 0 fully saturated rings. The summed E-state index contributed by atoms with van der Waals surface area (Å²) in [6.07, 6.45) is 2.43. The van der Waals surface area contributed by atoms with Crippen LogP contribution in [0.5, 0.6) is 0 Å². The lowest BCUT2D eigenvalue weighted by atomic mass is 10.4. The second-order valence-electron chi connectivity index (χ2n) is 2.35. The number of hydrogen-bond acceptors (Lipinski definition) is 5. The Morgan fingerprint density at radius 2 is 2.23 bits per heavy atom. The van der Waals surface area contributed by atoms with E-state index in [4.69, 9.17) is 4.74 Å². The highest BCUT2D eigenvalue weighted by atomic mass is 16.5. The second kappa shape index (κ2) is 5.97. The Morgan fingerprint density at radius 3 is 2.62 bits per heavy atom. The summed E-state index contributed by atoms with van der Waals surface area (Å²) in [7, 11) is 3.31. The molecule has 0 N–H and O–H groups in total. The molecule has 0 atom stereocenters. The number of carbonyl (C=O) groups excluding carboxylic acids is 2. The van der Waals surface area contributed by atoms with E-state index in [9.17, 15) is 9.59 Å². The molecule has 0 aromatic carbocycles. The van der Waals surface area contributed by atoms with Gasteiger partial charge in [-0.15, -0.1) is 0 Å². The van der Waals surface area contributed by atoms with Gasteiger partial charge in [-0.2, -0.15) is 4.99 Å². The number of likely N-dealkylation sites (N-methyl/N-ethyl adjacent to an activating group) is 1. The Balaban J connectivity index is 4.60. The number of carbonyl (C=O) groups is 1. The van der Waals surface area contributed by atoms with E-state index in [1.165, 1.54) is 11.0 Å². The first-order valence-corrected chi connectivity index (χ1v) is 3.75. The Bertz CT molecular complexity index is 252. The van der Waals surface area contributed by atoms with Crippen molar-refractivity contribution in [3.8, 4) is 0 Å². The lowest BCUT2D eigenvalue weighted by molar-refractivity contribution is -0.140. The molecule has 13 heavy (non-hydrogen) atoms. The molecule has 0 spiro atoms. The maximum absolute atomic E-state index is 11.2. The third-order valence-corrected chi connectivity index (χ3v) is 1.21. The number of esters is 1. The normalized spacial score (nSPS) is 10.2. The first-order chi connectivity index (χ1) is 6.13. The summed E-state index contributed by atoms with van der Waals surface area (Å²) >= 11 is 0. The van der Waals surface area contributed by atoms with Gasteiger partial charge in [-0.05, 0) is 6.92 Å². The van der Waals surface area contributed by atoms with Gasteiger partial charge in [0.15, 0.2) is 0 Å². The van der Waals surface area contributed by atoms with Crippen molar-refractivity contribution < 1.29 is 14.3 Å². The third-order valence-electron chi connectivity index (χ3n) is 1.21. The van der Waals surface area contributed by atoms with E-state index in [0.29, 0.717) is 0 Å². The first kappa shape index (κ1) is 11.4. The zero-order valence-corrected chi connectivity index (χ0v) is 7.90. The molecule has 0 aromatic heterocycles. The van der Waals surface area contributed by atoms with Crippen molar-refractivity contribution in [2.75, 3.05) is 20.7 Å². The van der Waals surface area contributed by atoms with Crippen LogP contribution in [0.4, 0.5) is 0 Å². The third kappa shape index (κ3) is 4.08. The number of ether oxygens (including phenoxy) is 1. The van der Waals surface area contributed by atoms with Crippen LogP contribution in [0.2, 0.25) is 0 Å². The molecule has 0 saturated carbocycles. The molecule has 0 aromatic rings. The maximum atomic E-state index is 11.2. The molecule has 5 nitrogen and oxygen atoms in total. The van der Waals surface area contributed by atoms with E-state index in [2.05, 4.69) is 4.99 Å². The molecule has 0 bridgehead atoms. The van der Waals surface area contributed by atoms with Gasteiger partial charge < -0.3 is 9.64 Å². The molecule has 0 saturated heterocycles. The van der Waals surface area contributed by atoms with Gasteiger partial charge in [-0.25, -0.2) is 9.59 Å². The topological polar surface area (TPSA) is 59.0 Å². The second-order valence-corrected chi connectivity index (χ2v) is 2.35. The predicted molar refractivity (Wildman–Crippen MR) is 46.5 cm³/mol. The molecule has 5 heteroatoms. The summed E-state index contributed by atoms with van der Waals surface area (Å²) in [5, 5.41) is 0. The van der Waals surface area contributed by atoms with Crippen LogP contribution < -0.4 is 0 Å². The molecule has 0 aliphatic rings. The van der Waals surface area contributed by atoms with E-state index in [1.54, 1.807) is 21.0 Å². The summed E-state index contributed by atoms with van der Waals surface area (Å²) in [5.74, 6) is -0.508. The van der Waals surface area contributed by atoms with Gasteiger partial charge in [-0.3, -0.25) is 0 Å². The van der Waals surface area contributed by atoms with E-state index in [-0.39, 0.29) is 12.3 Å². The van der Waals surface area contributed by atoms with E-state index in [0.717, 1.165) is 6.20 Å². The molecular formula is C8H12N2O3. The molecule has 0 heterocycles. The van der Waals surface area contributed by atoms with Crippen molar-refractivity contribution in [1.82, 2.24) is 4.90 Å². The monoisotopic (exact) mass is 184 g/mol. The molecule has 0 aliphatic carbocycles. The van der Waals surface area contributed by atoms with Crippen molar-refractivity contribution in [3.63, 3.8) is 0 Å². The fourth-order valence-corrected chi connectivity index (χ4v) is 0.643. The van der Waals surface area contributed by atoms with Gasteiger partial charge in [0, 0.05) is 14.1 Å². The van der Waals surface area contributed by atoms with Gasteiger partial charge in [0.2, 0.25) is 6.08 Å². The minimum atomic E-state index is -0.508. The number of isocyanates is 1. The highest BCUT2D eigenvalue weighted by Crippen LogP contribution is 2.01. The Labute approximate surface area is 76.7 Å². The lowest BCUT2D eigenvalue weighted by Gasteiger charge is -2.13. The van der Waals surface area contributed by atoms with Crippen LogP contribution in [0.1, 0.15) is 6.92 Å². The van der Waals surface area contributed by atoms with Crippen LogP contribution in [0, 0.1) is 0 Å². The van der Waals surface area contributed by atoms with Crippen LogP contribution in [0.25, 0.3) is 0 Å². The minimum Gasteiger partial charge on any atom is -0.461 e. The average Bonchev–Trinajstić information content (AvgIpc) is 2.05. The molecule has 0 aliphatic heterocycles. The minimum absolute atomic E-state index is 0.213. The fourth-order valence-electron chi connectivity index (χ4n) is 0.643. The van der Waals surface area contributed by atoms with Crippen LogP contribution in [-0.4, -0.2) is 37.7 Å². The predicted octanol–water partition coefficient (Wildman–Crippen LogP) is 0.288. The Kier molecular flexibility index (Phi) is 5.23. The summed E-state index contributed by atoms with van der Waals surface area (Å²) in [6.45, 7) is 1.99. The molecule has 0 rings (SSSR count). The molecule has 0 radical (unpaired) electrons. The number of nitrogens with zero attached hydrogens (tertiary/aromatic N) is 2. The quantitative estimate of drug-likeness (QED) is 0.272. The van der Waals surface area contributed by atoms with Crippen LogP contribution >= 0.6 is 0 Å². The van der Waals surface area contributed by atoms with Gasteiger partial charge >= 0.3 is 5.97 Å².